The van der Waals surface area contributed by atoms with E-state index in [0.717, 1.165) is 29.0 Å². The van der Waals surface area contributed by atoms with Crippen molar-refractivity contribution in [2.45, 2.75) is 32.6 Å². The van der Waals surface area contributed by atoms with Gasteiger partial charge in [-0.05, 0) is 59.4 Å². The number of rotatable bonds is 6. The molecule has 3 rings (SSSR count). The highest BCUT2D eigenvalue weighted by Gasteiger charge is 2.19. The molecule has 0 spiro atoms. The number of anilines is 3. The van der Waals surface area contributed by atoms with E-state index in [4.69, 9.17) is 0 Å². The molecule has 1 heteroatoms. The summed E-state index contributed by atoms with van der Waals surface area (Å²) in [6, 6.07) is 27.9. The third kappa shape index (κ3) is 3.72. The lowest BCUT2D eigenvalue weighted by molar-refractivity contribution is 0.506. The first-order valence-electron chi connectivity index (χ1n) is 9.23. The molecule has 0 N–H and O–H groups in total. The Hall–Kier alpha value is -2.80. The minimum atomic E-state index is 0.193. The Labute approximate surface area is 157 Å². The maximum absolute atomic E-state index is 3.91. The second kappa shape index (κ2) is 7.61. The number of hydrogen-bond donors (Lipinski definition) is 0. The van der Waals surface area contributed by atoms with Crippen LogP contribution in [0.15, 0.2) is 85.4 Å². The number of hydrogen-bond acceptors (Lipinski definition) is 1. The molecule has 0 fully saturated rings. The molecule has 0 aliphatic heterocycles. The molecule has 0 radical (unpaired) electrons. The van der Waals surface area contributed by atoms with Crippen LogP contribution in [0.25, 0.3) is 6.08 Å². The topological polar surface area (TPSA) is 3.24 Å². The molecule has 0 heterocycles. The van der Waals surface area contributed by atoms with Crippen LogP contribution >= 0.6 is 0 Å². The SMILES string of the molecule is C=Cc1cccc(N(c2ccccc2)c2ccc(C(C)(C)CC)cc2)c1. The molecule has 3 aromatic carbocycles. The zero-order chi connectivity index (χ0) is 18.6. The Balaban J connectivity index is 2.08. The van der Waals surface area contributed by atoms with Crippen molar-refractivity contribution in [2.24, 2.45) is 0 Å². The average Bonchev–Trinajstić information content (AvgIpc) is 2.69. The van der Waals surface area contributed by atoms with E-state index in [2.05, 4.69) is 111 Å². The third-order valence-corrected chi connectivity index (χ3v) is 5.17. The molecular formula is C25H27N. The summed E-state index contributed by atoms with van der Waals surface area (Å²) < 4.78 is 0. The molecule has 26 heavy (non-hydrogen) atoms. The normalized spacial score (nSPS) is 11.2. The Bertz CT molecular complexity index is 860. The van der Waals surface area contributed by atoms with Gasteiger partial charge in [-0.15, -0.1) is 0 Å². The van der Waals surface area contributed by atoms with Gasteiger partial charge < -0.3 is 4.90 Å². The van der Waals surface area contributed by atoms with Crippen molar-refractivity contribution < 1.29 is 0 Å². The molecule has 0 aromatic heterocycles. The fourth-order valence-electron chi connectivity index (χ4n) is 3.08. The largest absolute Gasteiger partial charge is 0.310 e. The van der Waals surface area contributed by atoms with Gasteiger partial charge in [-0.3, -0.25) is 0 Å². The van der Waals surface area contributed by atoms with Crippen molar-refractivity contribution in [3.05, 3.63) is 96.6 Å². The summed E-state index contributed by atoms with van der Waals surface area (Å²) in [5.74, 6) is 0. The Morgan fingerprint density at radius 3 is 2.04 bits per heavy atom. The standard InChI is InChI=1S/C25H27N/c1-5-20-11-10-14-24(19-20)26(22-12-8-7-9-13-22)23-17-15-21(16-18-23)25(3,4)6-2/h5,7-19H,1,6H2,2-4H3. The summed E-state index contributed by atoms with van der Waals surface area (Å²) in [5, 5.41) is 0. The van der Waals surface area contributed by atoms with E-state index in [1.807, 2.05) is 6.08 Å². The van der Waals surface area contributed by atoms with Crippen LogP contribution in [0, 0.1) is 0 Å². The van der Waals surface area contributed by atoms with Crippen molar-refractivity contribution in [3.8, 4) is 0 Å². The van der Waals surface area contributed by atoms with E-state index in [1.165, 1.54) is 5.56 Å². The van der Waals surface area contributed by atoms with Gasteiger partial charge >= 0.3 is 0 Å². The first-order chi connectivity index (χ1) is 12.5. The molecule has 0 aliphatic carbocycles. The van der Waals surface area contributed by atoms with Gasteiger partial charge in [0.1, 0.15) is 0 Å². The van der Waals surface area contributed by atoms with Gasteiger partial charge in [0.2, 0.25) is 0 Å². The maximum Gasteiger partial charge on any atom is 0.0467 e. The van der Waals surface area contributed by atoms with Crippen molar-refractivity contribution in [1.82, 2.24) is 0 Å². The van der Waals surface area contributed by atoms with Crippen molar-refractivity contribution in [2.75, 3.05) is 4.90 Å². The van der Waals surface area contributed by atoms with Crippen molar-refractivity contribution in [3.63, 3.8) is 0 Å². The zero-order valence-electron chi connectivity index (χ0n) is 15.9. The highest BCUT2D eigenvalue weighted by Crippen LogP contribution is 2.36. The van der Waals surface area contributed by atoms with E-state index in [1.54, 1.807) is 0 Å². The second-order valence-corrected chi connectivity index (χ2v) is 7.25. The van der Waals surface area contributed by atoms with Gasteiger partial charge in [0, 0.05) is 17.1 Å². The fraction of sp³-hybridized carbons (Fsp3) is 0.200. The summed E-state index contributed by atoms with van der Waals surface area (Å²) in [7, 11) is 0. The van der Waals surface area contributed by atoms with Gasteiger partial charge in [-0.2, -0.15) is 0 Å². The maximum atomic E-state index is 3.91. The summed E-state index contributed by atoms with van der Waals surface area (Å²) in [6.07, 6.45) is 3.01. The fourth-order valence-corrected chi connectivity index (χ4v) is 3.08. The summed E-state index contributed by atoms with van der Waals surface area (Å²) in [5.41, 5.74) is 6.13. The van der Waals surface area contributed by atoms with E-state index >= 15 is 0 Å². The second-order valence-electron chi connectivity index (χ2n) is 7.25. The molecular weight excluding hydrogens is 314 g/mol. The van der Waals surface area contributed by atoms with Crippen LogP contribution in [0.3, 0.4) is 0 Å². The van der Waals surface area contributed by atoms with E-state index in [0.29, 0.717) is 0 Å². The number of benzene rings is 3. The molecule has 0 aliphatic rings. The lowest BCUT2D eigenvalue weighted by Crippen LogP contribution is -2.16. The summed E-state index contributed by atoms with van der Waals surface area (Å²) >= 11 is 0. The minimum absolute atomic E-state index is 0.193. The molecule has 132 valence electrons. The van der Waals surface area contributed by atoms with Crippen LogP contribution in [0.2, 0.25) is 0 Å². The van der Waals surface area contributed by atoms with Crippen LogP contribution < -0.4 is 4.90 Å². The van der Waals surface area contributed by atoms with Gasteiger partial charge in [-0.1, -0.05) is 75.9 Å². The molecule has 0 amide bonds. The molecule has 3 aromatic rings. The third-order valence-electron chi connectivity index (χ3n) is 5.17. The van der Waals surface area contributed by atoms with Gasteiger partial charge in [0.25, 0.3) is 0 Å². The Morgan fingerprint density at radius 2 is 1.42 bits per heavy atom. The summed E-state index contributed by atoms with van der Waals surface area (Å²) in [4.78, 5) is 2.29. The quantitative estimate of drug-likeness (QED) is 0.449. The van der Waals surface area contributed by atoms with E-state index < -0.39 is 0 Å². The molecule has 1 nitrogen and oxygen atoms in total. The van der Waals surface area contributed by atoms with Gasteiger partial charge in [-0.25, -0.2) is 0 Å². The van der Waals surface area contributed by atoms with Crippen LogP contribution in [-0.4, -0.2) is 0 Å². The number of nitrogens with zero attached hydrogens (tertiary/aromatic N) is 1. The van der Waals surface area contributed by atoms with Gasteiger partial charge in [0.05, 0.1) is 0 Å². The monoisotopic (exact) mass is 341 g/mol. The molecule has 0 saturated carbocycles. The lowest BCUT2D eigenvalue weighted by atomic mass is 9.82. The number of para-hydroxylation sites is 1. The predicted molar refractivity (Wildman–Crippen MR) is 115 cm³/mol. The van der Waals surface area contributed by atoms with Crippen molar-refractivity contribution in [1.29, 1.82) is 0 Å². The molecule has 0 bridgehead atoms. The Morgan fingerprint density at radius 1 is 0.808 bits per heavy atom. The highest BCUT2D eigenvalue weighted by atomic mass is 15.1. The smallest absolute Gasteiger partial charge is 0.0467 e. The van der Waals surface area contributed by atoms with E-state index in [9.17, 15) is 0 Å². The molecule has 0 atom stereocenters. The lowest BCUT2D eigenvalue weighted by Gasteiger charge is -2.28. The predicted octanol–water partition coefficient (Wildman–Crippen LogP) is 7.49. The van der Waals surface area contributed by atoms with Crippen LogP contribution in [0.1, 0.15) is 38.3 Å². The Kier molecular flexibility index (Phi) is 5.27. The van der Waals surface area contributed by atoms with Gasteiger partial charge in [0.15, 0.2) is 0 Å². The highest BCUT2D eigenvalue weighted by molar-refractivity contribution is 5.77. The molecule has 0 saturated heterocycles. The van der Waals surface area contributed by atoms with Crippen LogP contribution in [0.4, 0.5) is 17.1 Å². The minimum Gasteiger partial charge on any atom is -0.310 e. The molecule has 0 unspecified atom stereocenters. The zero-order valence-corrected chi connectivity index (χ0v) is 15.9. The first-order valence-corrected chi connectivity index (χ1v) is 9.23. The van der Waals surface area contributed by atoms with Crippen molar-refractivity contribution >= 4 is 23.1 Å². The first kappa shape index (κ1) is 18.0. The van der Waals surface area contributed by atoms with Crippen LogP contribution in [0.5, 0.6) is 0 Å². The van der Waals surface area contributed by atoms with Crippen LogP contribution in [-0.2, 0) is 5.41 Å². The average molecular weight is 341 g/mol. The summed E-state index contributed by atoms with van der Waals surface area (Å²) in [6.45, 7) is 10.7. The van der Waals surface area contributed by atoms with E-state index in [-0.39, 0.29) is 5.41 Å².